The predicted octanol–water partition coefficient (Wildman–Crippen LogP) is 2.06. The Kier molecular flexibility index (Phi) is 4.33. The minimum absolute atomic E-state index is 0.0956. The van der Waals surface area contributed by atoms with Gasteiger partial charge in [0.15, 0.2) is 0 Å². The molecule has 0 unspecified atom stereocenters. The summed E-state index contributed by atoms with van der Waals surface area (Å²) in [5, 5.41) is 18.2. The van der Waals surface area contributed by atoms with Crippen molar-refractivity contribution in [2.24, 2.45) is 0 Å². The average molecular weight is 361 g/mol. The summed E-state index contributed by atoms with van der Waals surface area (Å²) >= 11 is 5.97. The minimum atomic E-state index is -0.381. The molecule has 1 aliphatic heterocycles. The Morgan fingerprint density at radius 3 is 2.76 bits per heavy atom. The van der Waals surface area contributed by atoms with Crippen LogP contribution < -0.4 is 10.2 Å². The third-order valence-electron chi connectivity index (χ3n) is 5.21. The van der Waals surface area contributed by atoms with Crippen LogP contribution in [0.1, 0.15) is 37.7 Å². The molecule has 2 N–H and O–H groups in total. The molecule has 0 radical (unpaired) electrons. The maximum absolute atomic E-state index is 13.0. The normalized spacial score (nSPS) is 22.3. The number of aromatic nitrogens is 4. The van der Waals surface area contributed by atoms with E-state index in [1.54, 1.807) is 0 Å². The first kappa shape index (κ1) is 16.3. The van der Waals surface area contributed by atoms with Crippen molar-refractivity contribution >= 4 is 23.5 Å². The fourth-order valence-corrected chi connectivity index (χ4v) is 3.72. The van der Waals surface area contributed by atoms with Gasteiger partial charge in [0.2, 0.25) is 5.91 Å². The summed E-state index contributed by atoms with van der Waals surface area (Å²) < 4.78 is 0. The molecule has 2 fully saturated rings. The highest BCUT2D eigenvalue weighted by Crippen LogP contribution is 2.48. The van der Waals surface area contributed by atoms with Crippen LogP contribution >= 0.6 is 11.6 Å². The predicted molar refractivity (Wildman–Crippen MR) is 94.5 cm³/mol. The Morgan fingerprint density at radius 2 is 2.08 bits per heavy atom. The van der Waals surface area contributed by atoms with Gasteiger partial charge in [-0.15, -0.1) is 5.10 Å². The average Bonchev–Trinajstić information content (AvgIpc) is 3.31. The minimum Gasteiger partial charge on any atom is -0.351 e. The number of halogens is 1. The van der Waals surface area contributed by atoms with Gasteiger partial charge in [-0.2, -0.15) is 5.21 Å². The van der Waals surface area contributed by atoms with Gasteiger partial charge in [0, 0.05) is 24.2 Å². The van der Waals surface area contributed by atoms with E-state index in [0.29, 0.717) is 17.5 Å². The highest BCUT2D eigenvalue weighted by molar-refractivity contribution is 6.30. The van der Waals surface area contributed by atoms with E-state index >= 15 is 0 Å². The van der Waals surface area contributed by atoms with E-state index in [9.17, 15) is 4.79 Å². The maximum Gasteiger partial charge on any atom is 0.265 e. The van der Waals surface area contributed by atoms with Crippen molar-refractivity contribution in [2.75, 3.05) is 18.0 Å². The molecule has 1 saturated heterocycles. The lowest BCUT2D eigenvalue weighted by atomic mass is 9.94. The molecule has 0 bridgehead atoms. The van der Waals surface area contributed by atoms with Crippen LogP contribution in [0.4, 0.5) is 5.95 Å². The van der Waals surface area contributed by atoms with Gasteiger partial charge in [-0.3, -0.25) is 4.79 Å². The van der Waals surface area contributed by atoms with Gasteiger partial charge < -0.3 is 10.2 Å². The zero-order chi connectivity index (χ0) is 17.3. The number of tetrazole rings is 1. The molecule has 1 aromatic heterocycles. The Hall–Kier alpha value is -2.15. The van der Waals surface area contributed by atoms with Crippen molar-refractivity contribution in [3.8, 4) is 0 Å². The number of H-pyrrole nitrogens is 1. The summed E-state index contributed by atoms with van der Waals surface area (Å²) in [5.74, 6) is 0.717. The highest BCUT2D eigenvalue weighted by Gasteiger charge is 2.51. The Bertz CT molecular complexity index is 728. The van der Waals surface area contributed by atoms with E-state index in [1.165, 1.54) is 0 Å². The molecule has 1 amide bonds. The monoisotopic (exact) mass is 360 g/mol. The molecular weight excluding hydrogens is 340 g/mol. The van der Waals surface area contributed by atoms with Crippen molar-refractivity contribution in [1.29, 1.82) is 0 Å². The fraction of sp³-hybridized carbons (Fsp3) is 0.529. The summed E-state index contributed by atoms with van der Waals surface area (Å²) in [6, 6.07) is 7.74. The van der Waals surface area contributed by atoms with Crippen LogP contribution in [0.2, 0.25) is 5.02 Å². The van der Waals surface area contributed by atoms with Crippen molar-refractivity contribution in [3.63, 3.8) is 0 Å². The first-order chi connectivity index (χ1) is 12.2. The highest BCUT2D eigenvalue weighted by atomic mass is 35.5. The molecule has 1 saturated carbocycles. The van der Waals surface area contributed by atoms with Gasteiger partial charge in [0.1, 0.15) is 0 Å². The molecule has 7 nitrogen and oxygen atoms in total. The van der Waals surface area contributed by atoms with Crippen molar-refractivity contribution in [1.82, 2.24) is 25.9 Å². The lowest BCUT2D eigenvalue weighted by Gasteiger charge is -2.25. The lowest BCUT2D eigenvalue weighted by molar-refractivity contribution is -0.124. The first-order valence-corrected chi connectivity index (χ1v) is 9.11. The molecule has 0 spiro atoms. The molecule has 2 heterocycles. The number of nitrogens with zero attached hydrogens (tertiary/aromatic N) is 4. The number of anilines is 1. The second-order valence-electron chi connectivity index (χ2n) is 6.91. The van der Waals surface area contributed by atoms with Gasteiger partial charge in [0.25, 0.3) is 5.95 Å². The summed E-state index contributed by atoms with van der Waals surface area (Å²) in [7, 11) is 0. The van der Waals surface area contributed by atoms with Gasteiger partial charge in [-0.05, 0) is 55.0 Å². The summed E-state index contributed by atoms with van der Waals surface area (Å²) in [6.45, 7) is 1.59. The van der Waals surface area contributed by atoms with Crippen LogP contribution in [0.15, 0.2) is 24.3 Å². The summed E-state index contributed by atoms with van der Waals surface area (Å²) in [4.78, 5) is 15.1. The number of nitrogens with one attached hydrogen (secondary N) is 2. The Morgan fingerprint density at radius 1 is 1.28 bits per heavy atom. The SMILES string of the molecule is O=C(N[C@@H]1CCCCN(c2nn[nH]n2)C1)C1(c2ccc(Cl)cc2)CC1. The van der Waals surface area contributed by atoms with Gasteiger partial charge in [-0.25, -0.2) is 0 Å². The van der Waals surface area contributed by atoms with Crippen LogP contribution in [-0.4, -0.2) is 45.7 Å². The molecule has 1 aromatic carbocycles. The summed E-state index contributed by atoms with van der Waals surface area (Å²) in [6.07, 6.45) is 4.89. The Balaban J connectivity index is 1.45. The zero-order valence-electron chi connectivity index (χ0n) is 13.9. The van der Waals surface area contributed by atoms with Crippen LogP contribution in [0.5, 0.6) is 0 Å². The van der Waals surface area contributed by atoms with E-state index in [4.69, 9.17) is 11.6 Å². The molecular formula is C17H21ClN6O. The first-order valence-electron chi connectivity index (χ1n) is 8.73. The smallest absolute Gasteiger partial charge is 0.265 e. The van der Waals surface area contributed by atoms with Gasteiger partial charge in [0.05, 0.1) is 5.41 Å². The number of hydrogen-bond acceptors (Lipinski definition) is 5. The van der Waals surface area contributed by atoms with Crippen LogP contribution in [0.3, 0.4) is 0 Å². The summed E-state index contributed by atoms with van der Waals surface area (Å²) in [5.41, 5.74) is 0.673. The second kappa shape index (κ2) is 6.63. The molecule has 25 heavy (non-hydrogen) atoms. The molecule has 1 atom stereocenters. The van der Waals surface area contributed by atoms with Crippen LogP contribution in [-0.2, 0) is 10.2 Å². The quantitative estimate of drug-likeness (QED) is 0.871. The molecule has 1 aliphatic carbocycles. The molecule has 2 aromatic rings. The third kappa shape index (κ3) is 3.33. The number of aromatic amines is 1. The van der Waals surface area contributed by atoms with E-state index in [0.717, 1.165) is 44.2 Å². The number of hydrogen-bond donors (Lipinski definition) is 2. The van der Waals surface area contributed by atoms with Crippen molar-refractivity contribution in [2.45, 2.75) is 43.6 Å². The molecule has 4 rings (SSSR count). The fourth-order valence-electron chi connectivity index (χ4n) is 3.60. The number of amides is 1. The van der Waals surface area contributed by atoms with E-state index in [-0.39, 0.29) is 17.4 Å². The number of carbonyl (C=O) groups excluding carboxylic acids is 1. The Labute approximate surface area is 151 Å². The topological polar surface area (TPSA) is 86.8 Å². The van der Waals surface area contributed by atoms with Crippen LogP contribution in [0, 0.1) is 0 Å². The second-order valence-corrected chi connectivity index (χ2v) is 7.35. The van der Waals surface area contributed by atoms with E-state index in [1.807, 2.05) is 24.3 Å². The van der Waals surface area contributed by atoms with E-state index < -0.39 is 0 Å². The third-order valence-corrected chi connectivity index (χ3v) is 5.46. The van der Waals surface area contributed by atoms with Gasteiger partial charge in [-0.1, -0.05) is 28.8 Å². The van der Waals surface area contributed by atoms with Crippen molar-refractivity contribution < 1.29 is 4.79 Å². The molecule has 2 aliphatic rings. The maximum atomic E-state index is 13.0. The van der Waals surface area contributed by atoms with Gasteiger partial charge >= 0.3 is 0 Å². The number of benzene rings is 1. The zero-order valence-corrected chi connectivity index (χ0v) is 14.7. The number of rotatable bonds is 4. The largest absolute Gasteiger partial charge is 0.351 e. The number of carbonyl (C=O) groups is 1. The molecule has 132 valence electrons. The van der Waals surface area contributed by atoms with Crippen LogP contribution in [0.25, 0.3) is 0 Å². The standard InChI is InChI=1S/C17H21ClN6O/c18-13-6-4-12(5-7-13)17(8-9-17)15(25)19-14-3-1-2-10-24(11-14)16-20-22-23-21-16/h4-7,14H,1-3,8-11H2,(H,19,25)(H,20,21,22,23)/t14-/m1/s1. The lowest BCUT2D eigenvalue weighted by Crippen LogP contribution is -2.46. The molecule has 8 heteroatoms. The van der Waals surface area contributed by atoms with Crippen molar-refractivity contribution in [3.05, 3.63) is 34.9 Å². The van der Waals surface area contributed by atoms with E-state index in [2.05, 4.69) is 30.8 Å².